The number of nitrogens with zero attached hydrogens (tertiary/aromatic N) is 2. The van der Waals surface area contributed by atoms with Gasteiger partial charge < -0.3 is 4.90 Å². The molecule has 0 radical (unpaired) electrons. The van der Waals surface area contributed by atoms with Crippen molar-refractivity contribution in [1.29, 1.82) is 0 Å². The van der Waals surface area contributed by atoms with Crippen molar-refractivity contribution >= 4 is 38.9 Å². The van der Waals surface area contributed by atoms with Crippen molar-refractivity contribution in [3.63, 3.8) is 0 Å². The zero-order chi connectivity index (χ0) is 16.3. The molecule has 1 atom stereocenters. The maximum absolute atomic E-state index is 12.7. The van der Waals surface area contributed by atoms with Crippen molar-refractivity contribution in [3.8, 4) is 0 Å². The first-order chi connectivity index (χ1) is 10.3. The highest BCUT2D eigenvalue weighted by Crippen LogP contribution is 2.24. The van der Waals surface area contributed by atoms with Gasteiger partial charge in [-0.3, -0.25) is 4.79 Å². The molecule has 0 aromatic carbocycles. The fourth-order valence-corrected chi connectivity index (χ4v) is 4.50. The Morgan fingerprint density at radius 2 is 2.18 bits per heavy atom. The molecule has 22 heavy (non-hydrogen) atoms. The molecule has 2 rings (SSSR count). The average molecular weight is 365 g/mol. The number of rotatable bonds is 5. The highest BCUT2D eigenvalue weighted by molar-refractivity contribution is 7.91. The molecule has 1 aromatic rings. The van der Waals surface area contributed by atoms with Crippen LogP contribution in [0.1, 0.15) is 36.5 Å². The summed E-state index contributed by atoms with van der Waals surface area (Å²) in [5.74, 6) is -0.0914. The van der Waals surface area contributed by atoms with Gasteiger partial charge in [0.25, 0.3) is 5.91 Å². The van der Waals surface area contributed by atoms with E-state index in [4.69, 9.17) is 23.2 Å². The van der Waals surface area contributed by atoms with Crippen LogP contribution in [0.25, 0.3) is 0 Å². The van der Waals surface area contributed by atoms with Crippen LogP contribution in [0.15, 0.2) is 12.3 Å². The van der Waals surface area contributed by atoms with Crippen LogP contribution in [-0.4, -0.2) is 48.3 Å². The van der Waals surface area contributed by atoms with Crippen molar-refractivity contribution in [1.82, 2.24) is 9.88 Å². The standard InChI is InChI=1S/C14H18Cl2N2O3S/c1-2-3-5-18(11-4-6-22(20,21)9-11)14(19)10-7-12(15)13(16)17-8-10/h7-8,11H,2-6,9H2,1H3. The van der Waals surface area contributed by atoms with E-state index in [1.807, 2.05) is 6.92 Å². The first-order valence-corrected chi connectivity index (χ1v) is 9.74. The number of amides is 1. The van der Waals surface area contributed by atoms with Gasteiger partial charge in [0.15, 0.2) is 9.84 Å². The Morgan fingerprint density at radius 1 is 1.45 bits per heavy atom. The molecule has 0 bridgehead atoms. The summed E-state index contributed by atoms with van der Waals surface area (Å²) in [5.41, 5.74) is 0.329. The van der Waals surface area contributed by atoms with Gasteiger partial charge >= 0.3 is 0 Å². The number of unbranched alkanes of at least 4 members (excludes halogenated alkanes) is 1. The lowest BCUT2D eigenvalue weighted by Crippen LogP contribution is -2.41. The summed E-state index contributed by atoms with van der Waals surface area (Å²) in [6.07, 6.45) is 3.59. The molecule has 8 heteroatoms. The van der Waals surface area contributed by atoms with Crippen molar-refractivity contribution in [2.75, 3.05) is 18.1 Å². The van der Waals surface area contributed by atoms with Crippen LogP contribution in [0.3, 0.4) is 0 Å². The van der Waals surface area contributed by atoms with Gasteiger partial charge in [0, 0.05) is 18.8 Å². The number of halogens is 2. The minimum atomic E-state index is -3.05. The molecule has 5 nitrogen and oxygen atoms in total. The Kier molecular flexibility index (Phi) is 5.69. The maximum Gasteiger partial charge on any atom is 0.255 e. The van der Waals surface area contributed by atoms with Gasteiger partial charge in [0.2, 0.25) is 0 Å². The first kappa shape index (κ1) is 17.5. The topological polar surface area (TPSA) is 67.3 Å². The Hall–Kier alpha value is -0.850. The lowest BCUT2D eigenvalue weighted by atomic mass is 10.1. The minimum Gasteiger partial charge on any atom is -0.335 e. The van der Waals surface area contributed by atoms with Crippen LogP contribution in [0, 0.1) is 0 Å². The molecule has 0 saturated carbocycles. The van der Waals surface area contributed by atoms with Gasteiger partial charge in [0.1, 0.15) is 5.15 Å². The van der Waals surface area contributed by atoms with Crippen molar-refractivity contribution < 1.29 is 13.2 Å². The summed E-state index contributed by atoms with van der Waals surface area (Å²) in [6.45, 7) is 2.55. The van der Waals surface area contributed by atoms with Crippen LogP contribution in [0.4, 0.5) is 0 Å². The van der Waals surface area contributed by atoms with Crippen LogP contribution >= 0.6 is 23.2 Å². The van der Waals surface area contributed by atoms with Crippen LogP contribution < -0.4 is 0 Å². The smallest absolute Gasteiger partial charge is 0.255 e. The van der Waals surface area contributed by atoms with Gasteiger partial charge in [-0.05, 0) is 18.9 Å². The van der Waals surface area contributed by atoms with Crippen molar-refractivity contribution in [2.24, 2.45) is 0 Å². The van der Waals surface area contributed by atoms with E-state index in [1.54, 1.807) is 4.90 Å². The molecule has 0 aliphatic carbocycles. The number of sulfone groups is 1. The van der Waals surface area contributed by atoms with Crippen LogP contribution in [0.2, 0.25) is 10.2 Å². The third-order valence-electron chi connectivity index (χ3n) is 3.71. The predicted molar refractivity (Wildman–Crippen MR) is 87.3 cm³/mol. The SMILES string of the molecule is CCCCN(C(=O)c1cnc(Cl)c(Cl)c1)C1CCS(=O)(=O)C1. The highest BCUT2D eigenvalue weighted by Gasteiger charge is 2.34. The zero-order valence-corrected chi connectivity index (χ0v) is 14.6. The monoisotopic (exact) mass is 364 g/mol. The van der Waals surface area contributed by atoms with E-state index in [-0.39, 0.29) is 33.6 Å². The van der Waals surface area contributed by atoms with Gasteiger partial charge in [-0.25, -0.2) is 13.4 Å². The molecule has 0 N–H and O–H groups in total. The Morgan fingerprint density at radius 3 is 2.73 bits per heavy atom. The minimum absolute atomic E-state index is 0.0250. The van der Waals surface area contributed by atoms with E-state index in [2.05, 4.69) is 4.98 Å². The van der Waals surface area contributed by atoms with E-state index in [9.17, 15) is 13.2 Å². The van der Waals surface area contributed by atoms with E-state index in [0.29, 0.717) is 18.5 Å². The molecule has 1 saturated heterocycles. The molecule has 1 unspecified atom stereocenters. The number of carbonyl (C=O) groups excluding carboxylic acids is 1. The summed E-state index contributed by atoms with van der Waals surface area (Å²) in [5, 5.41) is 0.351. The van der Waals surface area contributed by atoms with Gasteiger partial charge in [-0.1, -0.05) is 36.5 Å². The molecule has 1 amide bonds. The molecule has 0 spiro atoms. The normalized spacial score (nSPS) is 20.0. The lowest BCUT2D eigenvalue weighted by molar-refractivity contribution is 0.0694. The Bertz CT molecular complexity index is 664. The molecule has 1 aliphatic heterocycles. The van der Waals surface area contributed by atoms with Gasteiger partial charge in [-0.15, -0.1) is 0 Å². The third-order valence-corrected chi connectivity index (χ3v) is 6.14. The lowest BCUT2D eigenvalue weighted by Gasteiger charge is -2.28. The summed E-state index contributed by atoms with van der Waals surface area (Å²) in [6, 6.07) is 1.19. The van der Waals surface area contributed by atoms with E-state index < -0.39 is 9.84 Å². The second kappa shape index (κ2) is 7.15. The molecular formula is C14H18Cl2N2O3S. The number of pyridine rings is 1. The molecule has 2 heterocycles. The summed E-state index contributed by atoms with van der Waals surface area (Å²) in [7, 11) is -3.05. The van der Waals surface area contributed by atoms with E-state index in [1.165, 1.54) is 12.3 Å². The van der Waals surface area contributed by atoms with Gasteiger partial charge in [0.05, 0.1) is 22.1 Å². The number of hydrogen-bond donors (Lipinski definition) is 0. The van der Waals surface area contributed by atoms with Crippen molar-refractivity contribution in [3.05, 3.63) is 28.0 Å². The Labute approximate surface area is 140 Å². The molecule has 122 valence electrons. The van der Waals surface area contributed by atoms with Crippen molar-refractivity contribution in [2.45, 2.75) is 32.2 Å². The average Bonchev–Trinajstić information content (AvgIpc) is 2.82. The quantitative estimate of drug-likeness (QED) is 0.753. The maximum atomic E-state index is 12.7. The largest absolute Gasteiger partial charge is 0.335 e. The highest BCUT2D eigenvalue weighted by atomic mass is 35.5. The summed E-state index contributed by atoms with van der Waals surface area (Å²) < 4.78 is 23.4. The predicted octanol–water partition coefficient (Wildman–Crippen LogP) is 2.82. The number of hydrogen-bond acceptors (Lipinski definition) is 4. The first-order valence-electron chi connectivity index (χ1n) is 7.16. The fourth-order valence-electron chi connectivity index (χ4n) is 2.50. The van der Waals surface area contributed by atoms with Gasteiger partial charge in [-0.2, -0.15) is 0 Å². The second-order valence-electron chi connectivity index (χ2n) is 5.41. The summed E-state index contributed by atoms with van der Waals surface area (Å²) >= 11 is 11.7. The molecular weight excluding hydrogens is 347 g/mol. The molecule has 1 aliphatic rings. The van der Waals surface area contributed by atoms with E-state index in [0.717, 1.165) is 12.8 Å². The van der Waals surface area contributed by atoms with Crippen LogP contribution in [0.5, 0.6) is 0 Å². The fraction of sp³-hybridized carbons (Fsp3) is 0.571. The third kappa shape index (κ3) is 4.12. The summed E-state index contributed by atoms with van der Waals surface area (Å²) in [4.78, 5) is 18.2. The zero-order valence-electron chi connectivity index (χ0n) is 12.3. The van der Waals surface area contributed by atoms with E-state index >= 15 is 0 Å². The molecule has 1 aromatic heterocycles. The Balaban J connectivity index is 2.24. The number of aromatic nitrogens is 1. The number of carbonyl (C=O) groups is 1. The second-order valence-corrected chi connectivity index (χ2v) is 8.40. The van der Waals surface area contributed by atoms with Crippen LogP contribution in [-0.2, 0) is 9.84 Å². The molecule has 1 fully saturated rings.